The maximum absolute atomic E-state index is 12.7. The first-order chi connectivity index (χ1) is 16.4. The molecule has 3 aromatic rings. The number of rotatable bonds is 7. The number of nitrogens with zero attached hydrogens (tertiary/aromatic N) is 4. The summed E-state index contributed by atoms with van der Waals surface area (Å²) in [6.45, 7) is 2.50. The minimum absolute atomic E-state index is 0.101. The van der Waals surface area contributed by atoms with Gasteiger partial charge >= 0.3 is 0 Å². The predicted molar refractivity (Wildman–Crippen MR) is 125 cm³/mol. The smallest absolute Gasteiger partial charge is 0.258 e. The third kappa shape index (κ3) is 4.55. The molecule has 0 saturated carbocycles. The van der Waals surface area contributed by atoms with Gasteiger partial charge in [0.2, 0.25) is 15.8 Å². The summed E-state index contributed by atoms with van der Waals surface area (Å²) in [5.41, 5.74) is 3.39. The predicted octanol–water partition coefficient (Wildman–Crippen LogP) is 2.98. The second-order valence-electron chi connectivity index (χ2n) is 8.72. The molecular weight excluding hydrogens is 454 g/mol. The Bertz CT molecular complexity index is 1360. The van der Waals surface area contributed by atoms with Crippen LogP contribution in [0.4, 0.5) is 0 Å². The number of phenolic OH excluding ortho intramolecular Hbond substituents is 1. The second-order valence-corrected chi connectivity index (χ2v) is 10.6. The van der Waals surface area contributed by atoms with Crippen LogP contribution in [-0.2, 0) is 16.4 Å². The summed E-state index contributed by atoms with van der Waals surface area (Å²) in [7, 11) is -3.40. The van der Waals surface area contributed by atoms with E-state index < -0.39 is 10.0 Å². The van der Waals surface area contributed by atoms with Crippen LogP contribution >= 0.6 is 0 Å². The number of sulfonamides is 1. The molecule has 0 radical (unpaired) electrons. The van der Waals surface area contributed by atoms with Crippen LogP contribution in [0.5, 0.6) is 5.75 Å². The van der Waals surface area contributed by atoms with E-state index >= 15 is 0 Å². The Morgan fingerprint density at radius 3 is 2.85 bits per heavy atom. The summed E-state index contributed by atoms with van der Waals surface area (Å²) in [6, 6.07) is 11.9. The number of nitriles is 1. The average molecular weight is 480 g/mol. The van der Waals surface area contributed by atoms with Crippen molar-refractivity contribution in [3.05, 3.63) is 53.1 Å². The van der Waals surface area contributed by atoms with Gasteiger partial charge in [-0.25, -0.2) is 13.1 Å². The molecule has 1 fully saturated rings. The molecular formula is C24H25N5O4S. The van der Waals surface area contributed by atoms with Gasteiger partial charge in [-0.3, -0.25) is 0 Å². The minimum Gasteiger partial charge on any atom is -0.507 e. The number of likely N-dealkylation sites (tertiary alicyclic amines) is 1. The lowest BCUT2D eigenvalue weighted by molar-refractivity contribution is 0.358. The van der Waals surface area contributed by atoms with Gasteiger partial charge in [0, 0.05) is 23.7 Å². The van der Waals surface area contributed by atoms with Crippen LogP contribution in [0.25, 0.3) is 22.8 Å². The number of aromatic hydroxyl groups is 1. The molecule has 2 N–H and O–H groups in total. The summed E-state index contributed by atoms with van der Waals surface area (Å²) < 4.78 is 33.8. The molecule has 1 saturated heterocycles. The molecule has 1 unspecified atom stereocenters. The Hall–Kier alpha value is -3.26. The van der Waals surface area contributed by atoms with Gasteiger partial charge in [0.25, 0.3) is 5.89 Å². The fourth-order valence-corrected chi connectivity index (χ4v) is 6.02. The SMILES string of the molecule is N#Cc1cc(-c2nc(-c3cccc4c3CCC4NS(=O)(=O)CCN3CCCC3)no2)ccc1O. The maximum Gasteiger partial charge on any atom is 0.258 e. The molecule has 1 aliphatic heterocycles. The van der Waals surface area contributed by atoms with E-state index in [0.29, 0.717) is 30.8 Å². The van der Waals surface area contributed by atoms with Gasteiger partial charge in [-0.2, -0.15) is 10.2 Å². The fourth-order valence-electron chi connectivity index (χ4n) is 4.73. The number of nitrogens with one attached hydrogen (secondary N) is 1. The first kappa shape index (κ1) is 22.5. The minimum atomic E-state index is -3.40. The lowest BCUT2D eigenvalue weighted by Gasteiger charge is -2.18. The highest BCUT2D eigenvalue weighted by Crippen LogP contribution is 2.38. The number of benzene rings is 2. The molecule has 2 aromatic carbocycles. The molecule has 2 heterocycles. The highest BCUT2D eigenvalue weighted by molar-refractivity contribution is 7.89. The van der Waals surface area contributed by atoms with E-state index in [1.54, 1.807) is 6.07 Å². The van der Waals surface area contributed by atoms with Gasteiger partial charge in [-0.05, 0) is 68.1 Å². The standard InChI is InChI=1S/C24H25N5O4S/c25-15-17-14-16(6-9-22(17)30)24-26-23(27-33-24)20-5-3-4-19-18(20)7-8-21(19)28-34(31,32)13-12-29-10-1-2-11-29/h3-6,9,14,21,28,30H,1-2,7-8,10-13H2. The van der Waals surface area contributed by atoms with E-state index in [9.17, 15) is 13.5 Å². The van der Waals surface area contributed by atoms with E-state index in [1.165, 1.54) is 12.1 Å². The van der Waals surface area contributed by atoms with E-state index in [-0.39, 0.29) is 29.0 Å². The van der Waals surface area contributed by atoms with Crippen molar-refractivity contribution in [1.82, 2.24) is 19.8 Å². The van der Waals surface area contributed by atoms with Crippen molar-refractivity contribution in [2.45, 2.75) is 31.7 Å². The normalized spacial score (nSPS) is 18.1. The van der Waals surface area contributed by atoms with E-state index in [4.69, 9.17) is 9.78 Å². The Labute approximate surface area is 198 Å². The van der Waals surface area contributed by atoms with Gasteiger partial charge in [-0.15, -0.1) is 0 Å². The van der Waals surface area contributed by atoms with Crippen molar-refractivity contribution in [2.24, 2.45) is 0 Å². The summed E-state index contributed by atoms with van der Waals surface area (Å²) in [5.74, 6) is 0.627. The molecule has 0 bridgehead atoms. The number of aromatic nitrogens is 2. The van der Waals surface area contributed by atoms with Crippen molar-refractivity contribution in [1.29, 1.82) is 5.26 Å². The fraction of sp³-hybridized carbons (Fsp3) is 0.375. The molecule has 1 aromatic heterocycles. The molecule has 0 amide bonds. The average Bonchev–Trinajstić information content (AvgIpc) is 3.59. The zero-order valence-corrected chi connectivity index (χ0v) is 19.4. The van der Waals surface area contributed by atoms with Gasteiger partial charge in [-0.1, -0.05) is 23.4 Å². The lowest BCUT2D eigenvalue weighted by atomic mass is 10.0. The van der Waals surface area contributed by atoms with Gasteiger partial charge in [0.1, 0.15) is 11.8 Å². The van der Waals surface area contributed by atoms with Crippen LogP contribution < -0.4 is 4.72 Å². The van der Waals surface area contributed by atoms with Crippen LogP contribution in [0.2, 0.25) is 0 Å². The first-order valence-corrected chi connectivity index (χ1v) is 13.0. The van der Waals surface area contributed by atoms with Crippen molar-refractivity contribution >= 4 is 10.0 Å². The highest BCUT2D eigenvalue weighted by Gasteiger charge is 2.30. The Morgan fingerprint density at radius 2 is 2.06 bits per heavy atom. The summed E-state index contributed by atoms with van der Waals surface area (Å²) in [6.07, 6.45) is 3.64. The number of hydrogen-bond donors (Lipinski definition) is 2. The number of hydrogen-bond acceptors (Lipinski definition) is 8. The van der Waals surface area contributed by atoms with Gasteiger partial charge in [0.15, 0.2) is 0 Å². The third-order valence-electron chi connectivity index (χ3n) is 6.50. The molecule has 1 atom stereocenters. The van der Waals surface area contributed by atoms with Crippen LogP contribution in [-0.4, -0.2) is 54.0 Å². The van der Waals surface area contributed by atoms with E-state index in [1.807, 2.05) is 24.3 Å². The summed E-state index contributed by atoms with van der Waals surface area (Å²) in [5, 5.41) is 23.0. The monoisotopic (exact) mass is 479 g/mol. The van der Waals surface area contributed by atoms with Gasteiger partial charge in [0.05, 0.1) is 11.3 Å². The Balaban J connectivity index is 1.35. The molecule has 9 nitrogen and oxygen atoms in total. The van der Waals surface area contributed by atoms with Crippen molar-refractivity contribution in [3.8, 4) is 34.7 Å². The Morgan fingerprint density at radius 1 is 1.24 bits per heavy atom. The molecule has 1 aliphatic carbocycles. The second kappa shape index (κ2) is 9.18. The van der Waals surface area contributed by atoms with Crippen molar-refractivity contribution < 1.29 is 18.0 Å². The number of phenols is 1. The molecule has 5 rings (SSSR count). The highest BCUT2D eigenvalue weighted by atomic mass is 32.2. The number of fused-ring (bicyclic) bond motifs is 1. The van der Waals surface area contributed by atoms with Crippen LogP contribution in [0.15, 0.2) is 40.9 Å². The van der Waals surface area contributed by atoms with Crippen molar-refractivity contribution in [2.75, 3.05) is 25.4 Å². The zero-order valence-electron chi connectivity index (χ0n) is 18.6. The third-order valence-corrected chi connectivity index (χ3v) is 7.86. The van der Waals surface area contributed by atoms with E-state index in [0.717, 1.165) is 42.6 Å². The lowest BCUT2D eigenvalue weighted by Crippen LogP contribution is -2.35. The molecule has 0 spiro atoms. The van der Waals surface area contributed by atoms with Crippen LogP contribution in [0, 0.1) is 11.3 Å². The maximum atomic E-state index is 12.7. The Kier molecular flexibility index (Phi) is 6.08. The van der Waals surface area contributed by atoms with Crippen LogP contribution in [0.3, 0.4) is 0 Å². The van der Waals surface area contributed by atoms with Crippen molar-refractivity contribution in [3.63, 3.8) is 0 Å². The zero-order chi connectivity index (χ0) is 23.7. The molecule has 34 heavy (non-hydrogen) atoms. The largest absolute Gasteiger partial charge is 0.507 e. The topological polar surface area (TPSA) is 132 Å². The quantitative estimate of drug-likeness (QED) is 0.529. The van der Waals surface area contributed by atoms with Crippen LogP contribution in [0.1, 0.15) is 42.0 Å². The first-order valence-electron chi connectivity index (χ1n) is 11.4. The van der Waals surface area contributed by atoms with Gasteiger partial charge < -0.3 is 14.5 Å². The molecule has 2 aliphatic rings. The summed E-state index contributed by atoms with van der Waals surface area (Å²) >= 11 is 0. The van der Waals surface area contributed by atoms with E-state index in [2.05, 4.69) is 19.8 Å². The molecule has 176 valence electrons. The molecule has 10 heteroatoms. The summed E-state index contributed by atoms with van der Waals surface area (Å²) in [4.78, 5) is 6.69.